The van der Waals surface area contributed by atoms with Crippen LogP contribution in [0.1, 0.15) is 31.7 Å². The minimum atomic E-state index is -0.921. The summed E-state index contributed by atoms with van der Waals surface area (Å²) in [5.74, 6) is 1.84. The molecule has 11 heteroatoms. The molecule has 6 heterocycles. The van der Waals surface area contributed by atoms with E-state index in [9.17, 15) is 4.79 Å². The van der Waals surface area contributed by atoms with Crippen LogP contribution < -0.4 is 10.6 Å². The predicted octanol–water partition coefficient (Wildman–Crippen LogP) is 2.22. The van der Waals surface area contributed by atoms with Gasteiger partial charge in [-0.3, -0.25) is 10.1 Å². The first-order valence-electron chi connectivity index (χ1n) is 11.7. The molecule has 0 aliphatic carbocycles. The molecule has 0 saturated carbocycles. The van der Waals surface area contributed by atoms with Crippen molar-refractivity contribution in [1.29, 1.82) is 0 Å². The van der Waals surface area contributed by atoms with E-state index in [1.807, 2.05) is 31.4 Å². The van der Waals surface area contributed by atoms with Crippen molar-refractivity contribution in [3.63, 3.8) is 0 Å². The molecule has 0 spiro atoms. The van der Waals surface area contributed by atoms with Crippen LogP contribution in [0.15, 0.2) is 31.0 Å². The molecule has 178 valence electrons. The van der Waals surface area contributed by atoms with Crippen LogP contribution in [0.2, 0.25) is 0 Å². The number of nitrogens with one attached hydrogen (secondary N) is 2. The minimum Gasteiger partial charge on any atom is -0.380 e. The van der Waals surface area contributed by atoms with Crippen LogP contribution in [0, 0.1) is 6.92 Å². The van der Waals surface area contributed by atoms with Gasteiger partial charge < -0.3 is 14.6 Å². The summed E-state index contributed by atoms with van der Waals surface area (Å²) in [6.45, 7) is 7.71. The van der Waals surface area contributed by atoms with E-state index in [0.717, 1.165) is 28.9 Å². The topological polar surface area (TPSA) is 133 Å². The number of fused-ring (bicyclic) bond motifs is 2. The molecule has 0 radical (unpaired) electrons. The van der Waals surface area contributed by atoms with Crippen molar-refractivity contribution in [3.05, 3.63) is 42.4 Å². The van der Waals surface area contributed by atoms with Crippen molar-refractivity contribution in [2.45, 2.75) is 45.3 Å². The average molecular weight is 472 g/mol. The van der Waals surface area contributed by atoms with Gasteiger partial charge in [-0.15, -0.1) is 0 Å². The monoisotopic (exact) mass is 471 g/mol. The van der Waals surface area contributed by atoms with E-state index < -0.39 is 5.54 Å². The molecule has 2 atom stereocenters. The zero-order chi connectivity index (χ0) is 24.2. The van der Waals surface area contributed by atoms with Gasteiger partial charge in [0.25, 0.3) is 0 Å². The second-order valence-electron chi connectivity index (χ2n) is 9.00. The number of carbonyl (C=O) groups excluding carboxylic acids is 1. The molecule has 0 unspecified atom stereocenters. The summed E-state index contributed by atoms with van der Waals surface area (Å²) in [5.41, 5.74) is 3.44. The molecule has 35 heavy (non-hydrogen) atoms. The van der Waals surface area contributed by atoms with Crippen LogP contribution in [0.4, 0.5) is 5.82 Å². The first-order valence-corrected chi connectivity index (χ1v) is 11.7. The van der Waals surface area contributed by atoms with Crippen molar-refractivity contribution in [2.75, 3.05) is 18.5 Å². The number of imidazole rings is 1. The summed E-state index contributed by atoms with van der Waals surface area (Å²) in [6, 6.07) is 2.07. The third-order valence-electron chi connectivity index (χ3n) is 6.70. The number of amides is 1. The van der Waals surface area contributed by atoms with Crippen molar-refractivity contribution in [1.82, 2.24) is 39.8 Å². The molecular weight excluding hydrogens is 446 g/mol. The van der Waals surface area contributed by atoms with E-state index in [-0.39, 0.29) is 11.9 Å². The van der Waals surface area contributed by atoms with E-state index in [0.29, 0.717) is 48.3 Å². The van der Waals surface area contributed by atoms with Gasteiger partial charge in [0.15, 0.2) is 5.65 Å². The lowest BCUT2D eigenvalue weighted by molar-refractivity contribution is -0.121. The molecule has 0 aromatic carbocycles. The summed E-state index contributed by atoms with van der Waals surface area (Å²) in [7, 11) is 0. The van der Waals surface area contributed by atoms with Gasteiger partial charge in [0.05, 0.1) is 12.2 Å². The number of aryl methyl sites for hydroxylation is 2. The van der Waals surface area contributed by atoms with E-state index in [4.69, 9.17) is 9.72 Å². The van der Waals surface area contributed by atoms with Gasteiger partial charge in [0, 0.05) is 48.9 Å². The SMILES string of the molecule is CCn1c(-c2cnc(C)nc2)nc2c(-c3cnc4c(c3)[C@](C)(N[C@H]3CCOC3)C(=O)N4)ncnc21. The lowest BCUT2D eigenvalue weighted by atomic mass is 9.92. The highest BCUT2D eigenvalue weighted by Crippen LogP contribution is 2.38. The highest BCUT2D eigenvalue weighted by atomic mass is 16.5. The predicted molar refractivity (Wildman–Crippen MR) is 128 cm³/mol. The lowest BCUT2D eigenvalue weighted by Crippen LogP contribution is -2.50. The Kier molecular flexibility index (Phi) is 5.04. The molecule has 4 aromatic rings. The maximum absolute atomic E-state index is 13.0. The van der Waals surface area contributed by atoms with Crippen LogP contribution in [0.3, 0.4) is 0 Å². The van der Waals surface area contributed by atoms with Gasteiger partial charge in [-0.2, -0.15) is 0 Å². The Morgan fingerprint density at radius 2 is 1.97 bits per heavy atom. The number of aromatic nitrogens is 7. The highest BCUT2D eigenvalue weighted by Gasteiger charge is 2.45. The Morgan fingerprint density at radius 1 is 1.17 bits per heavy atom. The number of hydrogen-bond acceptors (Lipinski definition) is 9. The third-order valence-corrected chi connectivity index (χ3v) is 6.70. The number of pyridine rings is 1. The van der Waals surface area contributed by atoms with Gasteiger partial charge in [0.2, 0.25) is 5.91 Å². The Hall–Kier alpha value is -3.83. The molecule has 6 rings (SSSR count). The normalized spacial score (nSPS) is 21.5. The van der Waals surface area contributed by atoms with Gasteiger partial charge >= 0.3 is 0 Å². The molecule has 2 aliphatic rings. The number of anilines is 1. The summed E-state index contributed by atoms with van der Waals surface area (Å²) >= 11 is 0. The quantitative estimate of drug-likeness (QED) is 0.449. The van der Waals surface area contributed by atoms with Gasteiger partial charge in [0.1, 0.15) is 40.5 Å². The molecule has 2 aliphatic heterocycles. The molecule has 11 nitrogen and oxygen atoms in total. The summed E-state index contributed by atoms with van der Waals surface area (Å²) < 4.78 is 7.52. The van der Waals surface area contributed by atoms with Crippen molar-refractivity contribution in [3.8, 4) is 22.6 Å². The Balaban J connectivity index is 1.47. The zero-order valence-electron chi connectivity index (χ0n) is 19.7. The molecule has 2 N–H and O–H groups in total. The fourth-order valence-corrected chi connectivity index (χ4v) is 4.81. The van der Waals surface area contributed by atoms with Crippen LogP contribution in [0.5, 0.6) is 0 Å². The van der Waals surface area contributed by atoms with E-state index in [1.54, 1.807) is 18.6 Å². The van der Waals surface area contributed by atoms with Crippen molar-refractivity contribution < 1.29 is 9.53 Å². The van der Waals surface area contributed by atoms with E-state index >= 15 is 0 Å². The van der Waals surface area contributed by atoms with Gasteiger partial charge in [-0.05, 0) is 33.3 Å². The Bertz CT molecular complexity index is 1440. The molecule has 4 aromatic heterocycles. The first-order chi connectivity index (χ1) is 17.0. The second-order valence-corrected chi connectivity index (χ2v) is 9.00. The minimum absolute atomic E-state index is 0.102. The standard InChI is InChI=1S/C24H25N9O2/c1-4-33-21(15-9-25-13(2)26-10-15)30-19-18(28-12-29-22(19)33)14-7-17-20(27-8-14)31-23(34)24(17,3)32-16-5-6-35-11-16/h7-10,12,16,32H,4-6,11H2,1-3H3,(H,27,31,34)/t16-,24-/m0/s1. The third kappa shape index (κ3) is 3.46. The second kappa shape index (κ2) is 8.14. The fourth-order valence-electron chi connectivity index (χ4n) is 4.81. The summed E-state index contributed by atoms with van der Waals surface area (Å²) in [6.07, 6.45) is 7.63. The number of ether oxygens (including phenoxy) is 1. The van der Waals surface area contributed by atoms with Crippen molar-refractivity contribution >= 4 is 22.9 Å². The van der Waals surface area contributed by atoms with Crippen LogP contribution in [0.25, 0.3) is 33.8 Å². The van der Waals surface area contributed by atoms with Gasteiger partial charge in [-0.25, -0.2) is 29.9 Å². The average Bonchev–Trinajstić information content (AvgIpc) is 3.57. The Labute approximate surface area is 201 Å². The maximum Gasteiger partial charge on any atom is 0.250 e. The van der Waals surface area contributed by atoms with Crippen LogP contribution in [-0.4, -0.2) is 59.6 Å². The number of nitrogens with zero attached hydrogens (tertiary/aromatic N) is 7. The highest BCUT2D eigenvalue weighted by molar-refractivity contribution is 6.05. The summed E-state index contributed by atoms with van der Waals surface area (Å²) in [5, 5.41) is 6.39. The van der Waals surface area contributed by atoms with Crippen LogP contribution in [-0.2, 0) is 21.6 Å². The molecule has 1 saturated heterocycles. The zero-order valence-corrected chi connectivity index (χ0v) is 19.7. The molecule has 0 bridgehead atoms. The molecule has 1 amide bonds. The molecule has 1 fully saturated rings. The van der Waals surface area contributed by atoms with Crippen molar-refractivity contribution in [2.24, 2.45) is 0 Å². The largest absolute Gasteiger partial charge is 0.380 e. The fraction of sp³-hybridized carbons (Fsp3) is 0.375. The molecular formula is C24H25N9O2. The maximum atomic E-state index is 13.0. The first kappa shape index (κ1) is 21.7. The van der Waals surface area contributed by atoms with E-state index in [2.05, 4.69) is 35.6 Å². The lowest BCUT2D eigenvalue weighted by Gasteiger charge is -2.27. The summed E-state index contributed by atoms with van der Waals surface area (Å²) in [4.78, 5) is 40.2. The Morgan fingerprint density at radius 3 is 2.71 bits per heavy atom. The van der Waals surface area contributed by atoms with E-state index in [1.165, 1.54) is 6.33 Å². The van der Waals surface area contributed by atoms with Crippen LogP contribution >= 0.6 is 0 Å². The number of carbonyl (C=O) groups is 1. The van der Waals surface area contributed by atoms with Gasteiger partial charge in [-0.1, -0.05) is 0 Å². The smallest absolute Gasteiger partial charge is 0.250 e. The number of hydrogen-bond donors (Lipinski definition) is 2. The number of rotatable bonds is 5.